The Balaban J connectivity index is 1.86. The molecule has 4 heteroatoms. The number of Topliss-reactive ketones (excluding diaryl/α,β-unsaturated/α-hetero) is 1. The summed E-state index contributed by atoms with van der Waals surface area (Å²) in [5, 5.41) is 3.12. The van der Waals surface area contributed by atoms with Crippen molar-refractivity contribution in [2.75, 3.05) is 13.1 Å². The molecule has 1 aliphatic heterocycles. The molecule has 1 saturated heterocycles. The van der Waals surface area contributed by atoms with E-state index in [4.69, 9.17) is 0 Å². The van der Waals surface area contributed by atoms with Gasteiger partial charge in [0.15, 0.2) is 5.78 Å². The minimum Gasteiger partial charge on any atom is -0.308 e. The Bertz CT molecular complexity index is 743. The van der Waals surface area contributed by atoms with E-state index in [9.17, 15) is 13.6 Å². The summed E-state index contributed by atoms with van der Waals surface area (Å²) in [6, 6.07) is 6.32. The molecule has 0 aromatic heterocycles. The van der Waals surface area contributed by atoms with E-state index in [0.29, 0.717) is 36.2 Å². The number of benzene rings is 1. The fourth-order valence-electron chi connectivity index (χ4n) is 2.74. The smallest absolute Gasteiger partial charge is 0.187 e. The molecule has 1 N–H and O–H groups in total. The lowest BCUT2D eigenvalue weighted by Gasteiger charge is -2.20. The van der Waals surface area contributed by atoms with E-state index < -0.39 is 5.92 Å². The van der Waals surface area contributed by atoms with Crippen molar-refractivity contribution in [1.29, 1.82) is 0 Å². The van der Waals surface area contributed by atoms with Crippen LogP contribution in [0.4, 0.5) is 8.78 Å². The van der Waals surface area contributed by atoms with Crippen LogP contribution in [0.15, 0.2) is 65.5 Å². The minimum atomic E-state index is -0.395. The van der Waals surface area contributed by atoms with Gasteiger partial charge in [0.1, 0.15) is 11.6 Å². The van der Waals surface area contributed by atoms with Crippen LogP contribution in [0.2, 0.25) is 0 Å². The highest BCUT2D eigenvalue weighted by Crippen LogP contribution is 2.26. The zero-order chi connectivity index (χ0) is 16.2. The van der Waals surface area contributed by atoms with E-state index in [1.807, 2.05) is 6.08 Å². The summed E-state index contributed by atoms with van der Waals surface area (Å²) in [7, 11) is 0. The minimum absolute atomic E-state index is 0.144. The van der Waals surface area contributed by atoms with Crippen molar-refractivity contribution in [3.63, 3.8) is 0 Å². The summed E-state index contributed by atoms with van der Waals surface area (Å²) < 4.78 is 27.5. The van der Waals surface area contributed by atoms with Crippen LogP contribution in [-0.4, -0.2) is 18.9 Å². The molecule has 0 saturated carbocycles. The van der Waals surface area contributed by atoms with Crippen molar-refractivity contribution in [3.8, 4) is 0 Å². The number of hydrogen-bond acceptors (Lipinski definition) is 2. The standard InChI is InChI=1S/C19H17F2NO/c20-17-7-3-1-5-13(17)9-15-11-22-12-16(19(15)23)10-14-6-2-4-8-18(14)21/h1-5,7-10,14,22H,6,11-12H2/b15-9+,16-10+. The van der Waals surface area contributed by atoms with Gasteiger partial charge in [0.25, 0.3) is 0 Å². The van der Waals surface area contributed by atoms with Crippen molar-refractivity contribution in [2.24, 2.45) is 5.92 Å². The molecule has 0 radical (unpaired) electrons. The Labute approximate surface area is 133 Å². The van der Waals surface area contributed by atoms with Crippen molar-refractivity contribution in [3.05, 3.63) is 76.9 Å². The van der Waals surface area contributed by atoms with Gasteiger partial charge < -0.3 is 5.32 Å². The van der Waals surface area contributed by atoms with Crippen molar-refractivity contribution in [1.82, 2.24) is 5.32 Å². The molecular weight excluding hydrogens is 296 g/mol. The number of carbonyl (C=O) groups is 1. The van der Waals surface area contributed by atoms with Crippen LogP contribution in [0.1, 0.15) is 12.0 Å². The van der Waals surface area contributed by atoms with Crippen LogP contribution < -0.4 is 5.32 Å². The van der Waals surface area contributed by atoms with Crippen LogP contribution in [0, 0.1) is 11.7 Å². The maximum atomic E-state index is 13.8. The lowest BCUT2D eigenvalue weighted by molar-refractivity contribution is -0.112. The van der Waals surface area contributed by atoms with E-state index in [1.54, 1.807) is 36.4 Å². The molecular formula is C19H17F2NO. The van der Waals surface area contributed by atoms with Crippen molar-refractivity contribution < 1.29 is 13.6 Å². The van der Waals surface area contributed by atoms with Gasteiger partial charge in [0, 0.05) is 35.7 Å². The van der Waals surface area contributed by atoms with E-state index in [0.717, 1.165) is 0 Å². The van der Waals surface area contributed by atoms with Crippen LogP contribution in [-0.2, 0) is 4.79 Å². The summed E-state index contributed by atoms with van der Waals surface area (Å²) in [6.07, 6.45) is 8.76. The lowest BCUT2D eigenvalue weighted by Crippen LogP contribution is -2.33. The number of ketones is 1. The molecule has 1 aliphatic carbocycles. The summed E-state index contributed by atoms with van der Waals surface area (Å²) in [6.45, 7) is 0.786. The van der Waals surface area contributed by atoms with Gasteiger partial charge in [-0.2, -0.15) is 0 Å². The Morgan fingerprint density at radius 3 is 2.70 bits per heavy atom. The van der Waals surface area contributed by atoms with Crippen LogP contribution in [0.3, 0.4) is 0 Å². The lowest BCUT2D eigenvalue weighted by atomic mass is 9.91. The number of halogens is 2. The van der Waals surface area contributed by atoms with Crippen LogP contribution in [0.5, 0.6) is 0 Å². The van der Waals surface area contributed by atoms with Crippen molar-refractivity contribution in [2.45, 2.75) is 6.42 Å². The van der Waals surface area contributed by atoms with Gasteiger partial charge in [-0.1, -0.05) is 36.4 Å². The molecule has 1 aromatic carbocycles. The average Bonchev–Trinajstić information content (AvgIpc) is 2.55. The Kier molecular flexibility index (Phi) is 4.63. The topological polar surface area (TPSA) is 29.1 Å². The number of rotatable bonds is 2. The van der Waals surface area contributed by atoms with E-state index in [-0.39, 0.29) is 17.4 Å². The number of allylic oxidation sites excluding steroid dienone is 5. The second-order valence-electron chi connectivity index (χ2n) is 5.64. The molecule has 118 valence electrons. The predicted molar refractivity (Wildman–Crippen MR) is 86.8 cm³/mol. The molecule has 1 heterocycles. The van der Waals surface area contributed by atoms with Crippen LogP contribution >= 0.6 is 0 Å². The molecule has 1 unspecified atom stereocenters. The highest BCUT2D eigenvalue weighted by atomic mass is 19.1. The van der Waals surface area contributed by atoms with Gasteiger partial charge in [-0.15, -0.1) is 0 Å². The highest BCUT2D eigenvalue weighted by molar-refractivity contribution is 6.12. The first-order chi connectivity index (χ1) is 11.1. The second-order valence-corrected chi connectivity index (χ2v) is 5.64. The second kappa shape index (κ2) is 6.84. The number of carbonyl (C=O) groups excluding carboxylic acids is 1. The third-order valence-electron chi connectivity index (χ3n) is 3.99. The average molecular weight is 313 g/mol. The van der Waals surface area contributed by atoms with Crippen LogP contribution in [0.25, 0.3) is 6.08 Å². The van der Waals surface area contributed by atoms with E-state index >= 15 is 0 Å². The molecule has 1 fully saturated rings. The fraction of sp³-hybridized carbons (Fsp3) is 0.211. The van der Waals surface area contributed by atoms with Gasteiger partial charge in [0.2, 0.25) is 0 Å². The molecule has 2 nitrogen and oxygen atoms in total. The Morgan fingerprint density at radius 2 is 1.91 bits per heavy atom. The summed E-state index contributed by atoms with van der Waals surface area (Å²) in [5.74, 6) is -1.14. The van der Waals surface area contributed by atoms with Crippen molar-refractivity contribution >= 4 is 11.9 Å². The largest absolute Gasteiger partial charge is 0.308 e. The SMILES string of the molecule is O=C1/C(=C/c2ccccc2F)CNC/C1=C\C1CC=CC=C1F. The molecule has 3 rings (SSSR count). The molecule has 0 amide bonds. The molecule has 0 bridgehead atoms. The van der Waals surface area contributed by atoms with Gasteiger partial charge in [0.05, 0.1) is 0 Å². The van der Waals surface area contributed by atoms with Gasteiger partial charge >= 0.3 is 0 Å². The molecule has 2 aliphatic rings. The molecule has 0 spiro atoms. The van der Waals surface area contributed by atoms with E-state index in [2.05, 4.69) is 5.32 Å². The quantitative estimate of drug-likeness (QED) is 0.843. The van der Waals surface area contributed by atoms with Gasteiger partial charge in [-0.05, 0) is 24.6 Å². The first-order valence-corrected chi connectivity index (χ1v) is 7.58. The summed E-state index contributed by atoms with van der Waals surface area (Å²) >= 11 is 0. The normalized spacial score (nSPS) is 25.0. The number of nitrogens with one attached hydrogen (secondary N) is 1. The number of piperidine rings is 1. The first-order valence-electron chi connectivity index (χ1n) is 7.58. The maximum Gasteiger partial charge on any atom is 0.187 e. The Hall–Kier alpha value is -2.33. The van der Waals surface area contributed by atoms with Gasteiger partial charge in [-0.25, -0.2) is 8.78 Å². The fourth-order valence-corrected chi connectivity index (χ4v) is 2.74. The third-order valence-corrected chi connectivity index (χ3v) is 3.99. The summed E-state index contributed by atoms with van der Waals surface area (Å²) in [5.41, 5.74) is 1.40. The number of hydrogen-bond donors (Lipinski definition) is 1. The zero-order valence-electron chi connectivity index (χ0n) is 12.6. The first kappa shape index (κ1) is 15.6. The van der Waals surface area contributed by atoms with E-state index in [1.165, 1.54) is 12.1 Å². The molecule has 23 heavy (non-hydrogen) atoms. The molecule has 1 atom stereocenters. The maximum absolute atomic E-state index is 13.8. The molecule has 1 aromatic rings. The zero-order valence-corrected chi connectivity index (χ0v) is 12.6. The monoisotopic (exact) mass is 313 g/mol. The van der Waals surface area contributed by atoms with Gasteiger partial charge in [-0.3, -0.25) is 4.79 Å². The summed E-state index contributed by atoms with van der Waals surface area (Å²) in [4.78, 5) is 12.6. The third kappa shape index (κ3) is 3.54. The highest BCUT2D eigenvalue weighted by Gasteiger charge is 2.23. The predicted octanol–water partition coefficient (Wildman–Crippen LogP) is 3.74. The Morgan fingerprint density at radius 1 is 1.13 bits per heavy atom.